The number of hydrogen-bond donors (Lipinski definition) is 2. The summed E-state index contributed by atoms with van der Waals surface area (Å²) in [4.78, 5) is 11.9. The summed E-state index contributed by atoms with van der Waals surface area (Å²) < 4.78 is 0. The summed E-state index contributed by atoms with van der Waals surface area (Å²) in [6.07, 6.45) is 22.9. The molecule has 1 amide bonds. The second kappa shape index (κ2) is 20.2. The van der Waals surface area contributed by atoms with Gasteiger partial charge in [-0.2, -0.15) is 0 Å². The molecule has 0 aliphatic rings. The highest BCUT2D eigenvalue weighted by molar-refractivity contribution is 5.81. The average Bonchev–Trinajstić information content (AvgIpc) is 2.68. The summed E-state index contributed by atoms with van der Waals surface area (Å²) in [6.45, 7) is 7.18. The van der Waals surface area contributed by atoms with Crippen LogP contribution in [0.4, 0.5) is 0 Å². The second-order valence-corrected chi connectivity index (χ2v) is 8.51. The molecule has 0 heterocycles. The minimum Gasteiger partial charge on any atom is -0.355 e. The zero-order valence-electron chi connectivity index (χ0n) is 18.9. The molecule has 0 bridgehead atoms. The fourth-order valence-corrected chi connectivity index (χ4v) is 3.51. The van der Waals surface area contributed by atoms with Crippen LogP contribution in [-0.4, -0.2) is 18.5 Å². The number of rotatable bonds is 20. The number of hydrogen-bond acceptors (Lipinski definition) is 2. The maximum atomic E-state index is 11.9. The molecule has 2 atom stereocenters. The zero-order chi connectivity index (χ0) is 20.2. The van der Waals surface area contributed by atoms with Crippen molar-refractivity contribution in [3.8, 4) is 0 Å². The van der Waals surface area contributed by atoms with E-state index >= 15 is 0 Å². The van der Waals surface area contributed by atoms with Crippen molar-refractivity contribution in [3.63, 3.8) is 0 Å². The molecular formula is C24H50N2O. The minimum absolute atomic E-state index is 0.0188. The van der Waals surface area contributed by atoms with E-state index < -0.39 is 0 Å². The van der Waals surface area contributed by atoms with Gasteiger partial charge in [0.1, 0.15) is 0 Å². The average molecular weight is 383 g/mol. The number of nitrogens with one attached hydrogen (secondary N) is 1. The van der Waals surface area contributed by atoms with Crippen molar-refractivity contribution in [1.29, 1.82) is 0 Å². The van der Waals surface area contributed by atoms with E-state index in [4.69, 9.17) is 5.73 Å². The third kappa shape index (κ3) is 17.3. The molecule has 0 aromatic carbocycles. The van der Waals surface area contributed by atoms with Crippen molar-refractivity contribution in [3.05, 3.63) is 0 Å². The summed E-state index contributed by atoms with van der Waals surface area (Å²) in [5.74, 6) is 0.279. The molecule has 162 valence electrons. The van der Waals surface area contributed by atoms with Gasteiger partial charge in [-0.1, -0.05) is 124 Å². The van der Waals surface area contributed by atoms with Gasteiger partial charge in [-0.25, -0.2) is 0 Å². The molecule has 0 aliphatic carbocycles. The van der Waals surface area contributed by atoms with Crippen LogP contribution in [-0.2, 0) is 4.79 Å². The van der Waals surface area contributed by atoms with E-state index in [1.807, 2.05) is 6.92 Å². The highest BCUT2D eigenvalue weighted by Gasteiger charge is 2.18. The third-order valence-corrected chi connectivity index (χ3v) is 5.89. The minimum atomic E-state index is -0.351. The lowest BCUT2D eigenvalue weighted by atomic mass is 9.99. The monoisotopic (exact) mass is 382 g/mol. The van der Waals surface area contributed by atoms with Gasteiger partial charge in [0, 0.05) is 6.54 Å². The lowest BCUT2D eigenvalue weighted by molar-refractivity contribution is -0.123. The summed E-state index contributed by atoms with van der Waals surface area (Å²) in [6, 6.07) is -0.351. The molecule has 0 aromatic rings. The first-order valence-electron chi connectivity index (χ1n) is 12.2. The summed E-state index contributed by atoms with van der Waals surface area (Å²) >= 11 is 0. The fourth-order valence-electron chi connectivity index (χ4n) is 3.51. The Bertz CT molecular complexity index is 320. The molecule has 3 heteroatoms. The van der Waals surface area contributed by atoms with Gasteiger partial charge in [0.05, 0.1) is 6.04 Å². The van der Waals surface area contributed by atoms with Gasteiger partial charge in [-0.15, -0.1) is 0 Å². The van der Waals surface area contributed by atoms with Crippen LogP contribution in [0, 0.1) is 5.92 Å². The maximum absolute atomic E-state index is 11.9. The van der Waals surface area contributed by atoms with E-state index in [0.717, 1.165) is 19.4 Å². The van der Waals surface area contributed by atoms with Crippen molar-refractivity contribution in [2.24, 2.45) is 11.7 Å². The normalized spacial score (nSPS) is 13.5. The highest BCUT2D eigenvalue weighted by atomic mass is 16.2. The van der Waals surface area contributed by atoms with Crippen LogP contribution >= 0.6 is 0 Å². The van der Waals surface area contributed by atoms with Gasteiger partial charge in [0.15, 0.2) is 0 Å². The van der Waals surface area contributed by atoms with E-state index in [0.29, 0.717) is 0 Å². The van der Waals surface area contributed by atoms with E-state index in [9.17, 15) is 4.79 Å². The number of nitrogens with two attached hydrogens (primary N) is 1. The first-order chi connectivity index (χ1) is 13.1. The number of unbranched alkanes of at least 4 members (excludes halogenated alkanes) is 15. The smallest absolute Gasteiger partial charge is 0.237 e. The summed E-state index contributed by atoms with van der Waals surface area (Å²) in [5, 5.41) is 2.98. The fraction of sp³-hybridized carbons (Fsp3) is 0.958. The van der Waals surface area contributed by atoms with E-state index in [-0.39, 0.29) is 17.9 Å². The van der Waals surface area contributed by atoms with Crippen molar-refractivity contribution < 1.29 is 4.79 Å². The Kier molecular flexibility index (Phi) is 19.7. The quantitative estimate of drug-likeness (QED) is 0.229. The molecule has 0 rings (SSSR count). The number of carbonyl (C=O) groups excluding carboxylic acids is 1. The van der Waals surface area contributed by atoms with Gasteiger partial charge in [0.2, 0.25) is 5.91 Å². The predicted octanol–water partition coefficient (Wildman–Crippen LogP) is 6.74. The van der Waals surface area contributed by atoms with Crippen molar-refractivity contribution >= 4 is 5.91 Å². The molecule has 0 aliphatic heterocycles. The molecule has 3 N–H and O–H groups in total. The van der Waals surface area contributed by atoms with Crippen LogP contribution in [0.2, 0.25) is 0 Å². The standard InChI is InChI=1S/C24H50N2O/c1-4-6-7-8-9-10-11-12-13-14-15-16-17-18-19-20-21-26-24(27)23(25)22(3)5-2/h22-23H,4-21,25H2,1-3H3,(H,26,27)/t22?,23-/m0/s1. The number of carbonyl (C=O) groups is 1. The van der Waals surface area contributed by atoms with Gasteiger partial charge in [0.25, 0.3) is 0 Å². The predicted molar refractivity (Wildman–Crippen MR) is 120 cm³/mol. The van der Waals surface area contributed by atoms with E-state index in [1.54, 1.807) is 0 Å². The first-order valence-corrected chi connectivity index (χ1v) is 12.2. The van der Waals surface area contributed by atoms with Crippen LogP contribution in [0.25, 0.3) is 0 Å². The Hall–Kier alpha value is -0.570. The molecule has 0 radical (unpaired) electrons. The molecule has 27 heavy (non-hydrogen) atoms. The lowest BCUT2D eigenvalue weighted by Crippen LogP contribution is -2.44. The van der Waals surface area contributed by atoms with Crippen LogP contribution in [0.3, 0.4) is 0 Å². The summed E-state index contributed by atoms with van der Waals surface area (Å²) in [7, 11) is 0. The summed E-state index contributed by atoms with van der Waals surface area (Å²) in [5.41, 5.74) is 5.93. The van der Waals surface area contributed by atoms with Crippen molar-refractivity contribution in [2.45, 2.75) is 136 Å². The molecule has 0 spiro atoms. The number of amides is 1. The lowest BCUT2D eigenvalue weighted by Gasteiger charge is -2.17. The molecule has 0 saturated heterocycles. The Balaban J connectivity index is 3.20. The molecular weight excluding hydrogens is 332 g/mol. The van der Waals surface area contributed by atoms with Crippen LogP contribution in [0.5, 0.6) is 0 Å². The second-order valence-electron chi connectivity index (χ2n) is 8.51. The maximum Gasteiger partial charge on any atom is 0.237 e. The van der Waals surface area contributed by atoms with E-state index in [1.165, 1.54) is 96.3 Å². The van der Waals surface area contributed by atoms with Crippen molar-refractivity contribution in [1.82, 2.24) is 5.32 Å². The Morgan fingerprint density at radius 2 is 1.07 bits per heavy atom. The van der Waals surface area contributed by atoms with Crippen LogP contribution in [0.1, 0.15) is 130 Å². The zero-order valence-corrected chi connectivity index (χ0v) is 18.9. The topological polar surface area (TPSA) is 55.1 Å². The highest BCUT2D eigenvalue weighted by Crippen LogP contribution is 2.13. The molecule has 1 unspecified atom stereocenters. The van der Waals surface area contributed by atoms with Gasteiger partial charge in [-0.3, -0.25) is 4.79 Å². The van der Waals surface area contributed by atoms with Crippen LogP contribution < -0.4 is 11.1 Å². The molecule has 0 aromatic heterocycles. The van der Waals surface area contributed by atoms with Crippen LogP contribution in [0.15, 0.2) is 0 Å². The molecule has 0 fully saturated rings. The largest absolute Gasteiger partial charge is 0.355 e. The Morgan fingerprint density at radius 1 is 0.704 bits per heavy atom. The van der Waals surface area contributed by atoms with Gasteiger partial charge >= 0.3 is 0 Å². The molecule has 3 nitrogen and oxygen atoms in total. The Morgan fingerprint density at radius 3 is 1.44 bits per heavy atom. The van der Waals surface area contributed by atoms with Gasteiger partial charge in [-0.05, 0) is 12.3 Å². The Labute approximate surface area is 170 Å². The SMILES string of the molecule is CCCCCCCCCCCCCCCCCCNC(=O)[C@@H](N)C(C)CC. The molecule has 0 saturated carbocycles. The van der Waals surface area contributed by atoms with Crippen molar-refractivity contribution in [2.75, 3.05) is 6.54 Å². The third-order valence-electron chi connectivity index (χ3n) is 5.89. The van der Waals surface area contributed by atoms with Gasteiger partial charge < -0.3 is 11.1 Å². The first kappa shape index (κ1) is 26.4. The van der Waals surface area contributed by atoms with E-state index in [2.05, 4.69) is 19.2 Å².